The van der Waals surface area contributed by atoms with Crippen LogP contribution in [0.3, 0.4) is 0 Å². The molecule has 162 valence electrons. The number of benzene rings is 1. The lowest BCUT2D eigenvalue weighted by Gasteiger charge is -2.34. The molecule has 1 aliphatic heterocycles. The number of Topliss-reactive ketones (excluding diaryl/α,β-unsaturated/α-hetero) is 1. The van der Waals surface area contributed by atoms with E-state index in [0.717, 1.165) is 12.1 Å². The molecule has 1 atom stereocenters. The van der Waals surface area contributed by atoms with E-state index in [0.29, 0.717) is 24.4 Å². The summed E-state index contributed by atoms with van der Waals surface area (Å²) in [6, 6.07) is 2.52. The minimum absolute atomic E-state index is 0.0613. The molecule has 0 saturated heterocycles. The van der Waals surface area contributed by atoms with Gasteiger partial charge in [-0.05, 0) is 24.5 Å². The van der Waals surface area contributed by atoms with E-state index in [-0.39, 0.29) is 35.9 Å². The highest BCUT2D eigenvalue weighted by atomic mass is 19.2. The molecule has 0 fully saturated rings. The SMILES string of the molecule is COCC(C)(C)CC(=O)c1cnn2c1CN(C(=O)Nc1ccc(F)c(F)c1)[C@@H](C)C2. The van der Waals surface area contributed by atoms with Crippen LogP contribution in [0.4, 0.5) is 19.3 Å². The molecule has 2 amide bonds. The molecule has 7 nitrogen and oxygen atoms in total. The number of ether oxygens (including phenoxy) is 1. The highest BCUT2D eigenvalue weighted by Gasteiger charge is 2.32. The first kappa shape index (κ1) is 21.9. The zero-order valence-corrected chi connectivity index (χ0v) is 17.5. The first-order valence-electron chi connectivity index (χ1n) is 9.71. The third kappa shape index (κ3) is 4.67. The topological polar surface area (TPSA) is 76.5 Å². The van der Waals surface area contributed by atoms with Gasteiger partial charge in [0.2, 0.25) is 0 Å². The number of nitrogens with one attached hydrogen (secondary N) is 1. The summed E-state index contributed by atoms with van der Waals surface area (Å²) in [4.78, 5) is 27.2. The molecule has 30 heavy (non-hydrogen) atoms. The highest BCUT2D eigenvalue weighted by molar-refractivity contribution is 5.97. The molecule has 1 N–H and O–H groups in total. The van der Waals surface area contributed by atoms with Crippen molar-refractivity contribution in [2.24, 2.45) is 5.41 Å². The molecular weight excluding hydrogens is 394 g/mol. The lowest BCUT2D eigenvalue weighted by Crippen LogP contribution is -2.47. The molecule has 0 radical (unpaired) electrons. The second kappa shape index (κ2) is 8.51. The summed E-state index contributed by atoms with van der Waals surface area (Å²) in [5.41, 5.74) is 0.970. The van der Waals surface area contributed by atoms with Gasteiger partial charge in [-0.25, -0.2) is 13.6 Å². The van der Waals surface area contributed by atoms with Gasteiger partial charge in [-0.3, -0.25) is 9.48 Å². The quantitative estimate of drug-likeness (QED) is 0.721. The number of nitrogens with zero attached hydrogens (tertiary/aromatic N) is 3. The van der Waals surface area contributed by atoms with Crippen LogP contribution in [0.2, 0.25) is 0 Å². The van der Waals surface area contributed by atoms with E-state index in [1.807, 2.05) is 20.8 Å². The minimum atomic E-state index is -1.04. The summed E-state index contributed by atoms with van der Waals surface area (Å²) in [6.07, 6.45) is 1.83. The predicted octanol–water partition coefficient (Wildman–Crippen LogP) is 3.84. The summed E-state index contributed by atoms with van der Waals surface area (Å²) in [5.74, 6) is -2.08. The van der Waals surface area contributed by atoms with Crippen LogP contribution in [0.25, 0.3) is 0 Å². The number of hydrogen-bond acceptors (Lipinski definition) is 4. The fraction of sp³-hybridized carbons (Fsp3) is 0.476. The number of aromatic nitrogens is 2. The summed E-state index contributed by atoms with van der Waals surface area (Å²) >= 11 is 0. The van der Waals surface area contributed by atoms with Crippen LogP contribution < -0.4 is 5.32 Å². The predicted molar refractivity (Wildman–Crippen MR) is 107 cm³/mol. The maximum absolute atomic E-state index is 13.4. The van der Waals surface area contributed by atoms with Crippen molar-refractivity contribution in [1.29, 1.82) is 0 Å². The lowest BCUT2D eigenvalue weighted by atomic mass is 9.86. The minimum Gasteiger partial charge on any atom is -0.384 e. The van der Waals surface area contributed by atoms with Crippen molar-refractivity contribution in [3.63, 3.8) is 0 Å². The van der Waals surface area contributed by atoms with Gasteiger partial charge in [-0.15, -0.1) is 0 Å². The Morgan fingerprint density at radius 1 is 1.30 bits per heavy atom. The first-order chi connectivity index (χ1) is 14.1. The van der Waals surface area contributed by atoms with Crippen molar-refractivity contribution in [2.75, 3.05) is 19.0 Å². The number of carbonyl (C=O) groups is 2. The van der Waals surface area contributed by atoms with Crippen molar-refractivity contribution in [3.8, 4) is 0 Å². The maximum Gasteiger partial charge on any atom is 0.322 e. The Balaban J connectivity index is 1.77. The Kier molecular flexibility index (Phi) is 6.21. The van der Waals surface area contributed by atoms with E-state index in [4.69, 9.17) is 4.74 Å². The fourth-order valence-electron chi connectivity index (χ4n) is 3.65. The van der Waals surface area contributed by atoms with E-state index in [1.165, 1.54) is 6.07 Å². The number of urea groups is 1. The van der Waals surface area contributed by atoms with Crippen molar-refractivity contribution in [1.82, 2.24) is 14.7 Å². The Morgan fingerprint density at radius 3 is 2.70 bits per heavy atom. The second-order valence-corrected chi connectivity index (χ2v) is 8.42. The number of carbonyl (C=O) groups excluding carboxylic acids is 2. The zero-order valence-electron chi connectivity index (χ0n) is 17.5. The second-order valence-electron chi connectivity index (χ2n) is 8.42. The smallest absolute Gasteiger partial charge is 0.322 e. The molecule has 2 heterocycles. The van der Waals surface area contributed by atoms with E-state index < -0.39 is 17.7 Å². The summed E-state index contributed by atoms with van der Waals surface area (Å²) in [5, 5.41) is 6.90. The third-order valence-electron chi connectivity index (χ3n) is 5.14. The van der Waals surface area contributed by atoms with Crippen LogP contribution in [0.1, 0.15) is 43.2 Å². The highest BCUT2D eigenvalue weighted by Crippen LogP contribution is 2.27. The Hall–Kier alpha value is -2.81. The van der Waals surface area contributed by atoms with E-state index in [2.05, 4.69) is 10.4 Å². The zero-order chi connectivity index (χ0) is 22.1. The van der Waals surface area contributed by atoms with Gasteiger partial charge in [0, 0.05) is 25.3 Å². The number of anilines is 1. The molecular formula is C21H26F2N4O3. The van der Waals surface area contributed by atoms with Crippen molar-refractivity contribution in [3.05, 3.63) is 47.3 Å². The Labute approximate surface area is 174 Å². The van der Waals surface area contributed by atoms with E-state index in [9.17, 15) is 18.4 Å². The van der Waals surface area contributed by atoms with Gasteiger partial charge in [0.05, 0.1) is 43.2 Å². The third-order valence-corrected chi connectivity index (χ3v) is 5.14. The number of methoxy groups -OCH3 is 1. The van der Waals surface area contributed by atoms with Gasteiger partial charge in [0.15, 0.2) is 17.4 Å². The summed E-state index contributed by atoms with van der Waals surface area (Å²) < 4.78 is 33.5. The Bertz CT molecular complexity index is 958. The fourth-order valence-corrected chi connectivity index (χ4v) is 3.65. The summed E-state index contributed by atoms with van der Waals surface area (Å²) in [7, 11) is 1.60. The van der Waals surface area contributed by atoms with Gasteiger partial charge in [0.25, 0.3) is 0 Å². The molecule has 0 unspecified atom stereocenters. The number of ketones is 1. The van der Waals surface area contributed by atoms with E-state index >= 15 is 0 Å². The molecule has 1 aromatic heterocycles. The largest absolute Gasteiger partial charge is 0.384 e. The van der Waals surface area contributed by atoms with Crippen LogP contribution in [0.15, 0.2) is 24.4 Å². The van der Waals surface area contributed by atoms with Crippen molar-refractivity contribution >= 4 is 17.5 Å². The first-order valence-corrected chi connectivity index (χ1v) is 9.71. The van der Waals surface area contributed by atoms with Gasteiger partial charge >= 0.3 is 6.03 Å². The van der Waals surface area contributed by atoms with Crippen LogP contribution in [0.5, 0.6) is 0 Å². The number of hydrogen-bond donors (Lipinski definition) is 1. The monoisotopic (exact) mass is 420 g/mol. The molecule has 1 aromatic carbocycles. The number of rotatable bonds is 6. The standard InChI is InChI=1S/C21H26F2N4O3/c1-13-10-27-18(15(9-24-27)19(28)8-21(2,3)12-30-4)11-26(13)20(29)25-14-5-6-16(22)17(23)7-14/h5-7,9,13H,8,10-12H2,1-4H3,(H,25,29)/t13-/m0/s1. The van der Waals surface area contributed by atoms with Gasteiger partial charge in [-0.2, -0.15) is 5.10 Å². The maximum atomic E-state index is 13.4. The number of amides is 2. The molecule has 0 bridgehead atoms. The van der Waals surface area contributed by atoms with Crippen LogP contribution >= 0.6 is 0 Å². The van der Waals surface area contributed by atoms with Crippen molar-refractivity contribution in [2.45, 2.75) is 46.3 Å². The van der Waals surface area contributed by atoms with Gasteiger partial charge in [0.1, 0.15) is 0 Å². The van der Waals surface area contributed by atoms with Crippen LogP contribution in [0, 0.1) is 17.0 Å². The van der Waals surface area contributed by atoms with Gasteiger partial charge < -0.3 is 15.0 Å². The molecule has 2 aromatic rings. The molecule has 3 rings (SSSR count). The Morgan fingerprint density at radius 2 is 2.03 bits per heavy atom. The molecule has 9 heteroatoms. The molecule has 0 spiro atoms. The van der Waals surface area contributed by atoms with Crippen molar-refractivity contribution < 1.29 is 23.1 Å². The summed E-state index contributed by atoms with van der Waals surface area (Å²) in [6.45, 7) is 6.82. The van der Waals surface area contributed by atoms with Crippen LogP contribution in [-0.2, 0) is 17.8 Å². The normalized spacial score (nSPS) is 16.3. The molecule has 1 aliphatic rings. The number of fused-ring (bicyclic) bond motifs is 1. The van der Waals surface area contributed by atoms with E-state index in [1.54, 1.807) is 22.9 Å². The molecule has 0 saturated carbocycles. The van der Waals surface area contributed by atoms with Gasteiger partial charge in [-0.1, -0.05) is 13.8 Å². The number of halogens is 2. The molecule has 0 aliphatic carbocycles. The average Bonchev–Trinajstić information content (AvgIpc) is 3.06. The lowest BCUT2D eigenvalue weighted by molar-refractivity contribution is 0.0753. The average molecular weight is 420 g/mol. The van der Waals surface area contributed by atoms with Crippen LogP contribution in [-0.4, -0.2) is 46.3 Å².